The Morgan fingerprint density at radius 1 is 0.726 bits per heavy atom. The Hall–Kier alpha value is -6.55. The molecular weight excluding hydrogens is 957 g/mol. The van der Waals surface area contributed by atoms with Crippen LogP contribution in [0.1, 0.15) is 82.3 Å². The number of aromatic amines is 1. The van der Waals surface area contributed by atoms with Crippen molar-refractivity contribution in [3.63, 3.8) is 0 Å². The summed E-state index contributed by atoms with van der Waals surface area (Å²) in [5.74, 6) is -2.63. The summed E-state index contributed by atoms with van der Waals surface area (Å²) in [6.07, 6.45) is -2.81. The third-order valence-electron chi connectivity index (χ3n) is 14.1. The fraction of sp³-hybridized carbons (Fsp3) is 0.321. The molecule has 1 saturated heterocycles. The molecule has 0 unspecified atom stereocenters. The standard InChI is InChI=1S/C56H62N6O9Si2/c1-37(2)49(63)59-54-58-48-45(50(64)60-54)57-36-61(48)51-47(68-34-33-62(67)52(65)42-31-21-22-32-43(42)53(62)66)46(71-73(56(6,7)8,40-27-17-11-18-28-40)41-29-19-12-20-30-41)44(70-51)35-69-72(55(3,4)5,38-23-13-9-14-24-38)39-25-15-10-16-26-39/h9-32,36-37,44,46-47,51H,33-35H2,1-8H3,(H2,58,59,60,63,64)/t44-,46-,47-,51-/m1/s1. The summed E-state index contributed by atoms with van der Waals surface area (Å²) >= 11 is 0. The number of hydrogen-bond acceptors (Lipinski definition) is 11. The molecular formula is C56H62N6O9Si2. The predicted molar refractivity (Wildman–Crippen MR) is 285 cm³/mol. The normalized spacial score (nSPS) is 19.2. The topological polar surface area (TPSA) is 187 Å². The Balaban J connectivity index is 1.24. The average Bonchev–Trinajstić information content (AvgIpc) is 4.01. The lowest BCUT2D eigenvalue weighted by molar-refractivity contribution is -0.709. The molecule has 4 atom stereocenters. The van der Waals surface area contributed by atoms with E-state index >= 15 is 0 Å². The number of aromatic nitrogens is 4. The summed E-state index contributed by atoms with van der Waals surface area (Å²) in [6.45, 7) is 15.5. The molecule has 9 rings (SSSR count). The second kappa shape index (κ2) is 20.1. The van der Waals surface area contributed by atoms with Crippen molar-refractivity contribution in [3.05, 3.63) is 179 Å². The van der Waals surface area contributed by atoms with Crippen LogP contribution in [0.3, 0.4) is 0 Å². The monoisotopic (exact) mass is 1020 g/mol. The van der Waals surface area contributed by atoms with Crippen molar-refractivity contribution in [3.8, 4) is 0 Å². The van der Waals surface area contributed by atoms with Crippen LogP contribution in [0.5, 0.6) is 0 Å². The minimum atomic E-state index is -3.52. The molecule has 73 heavy (non-hydrogen) atoms. The number of imide groups is 1. The van der Waals surface area contributed by atoms with Crippen molar-refractivity contribution in [2.45, 2.75) is 90.0 Å². The van der Waals surface area contributed by atoms with Gasteiger partial charge in [0.2, 0.25) is 11.9 Å². The van der Waals surface area contributed by atoms with E-state index in [0.29, 0.717) is 0 Å². The van der Waals surface area contributed by atoms with E-state index in [9.17, 15) is 24.4 Å². The van der Waals surface area contributed by atoms with E-state index in [1.165, 1.54) is 18.5 Å². The molecule has 378 valence electrons. The summed E-state index contributed by atoms with van der Waals surface area (Å²) in [6, 6.07) is 47.0. The van der Waals surface area contributed by atoms with Gasteiger partial charge in [-0.1, -0.05) is 189 Å². The summed E-state index contributed by atoms with van der Waals surface area (Å²) in [5, 5.41) is 20.3. The highest BCUT2D eigenvalue weighted by atomic mass is 28.4. The molecule has 5 aromatic carbocycles. The fourth-order valence-electron chi connectivity index (χ4n) is 10.5. The third kappa shape index (κ3) is 9.18. The second-order valence-electron chi connectivity index (χ2n) is 21.1. The van der Waals surface area contributed by atoms with E-state index in [0.717, 1.165) is 20.7 Å². The van der Waals surface area contributed by atoms with E-state index in [4.69, 9.17) is 23.3 Å². The number of carbonyl (C=O) groups excluding carboxylic acids is 3. The molecule has 2 N–H and O–H groups in total. The number of benzene rings is 5. The molecule has 0 saturated carbocycles. The number of carbonyl (C=O) groups is 3. The third-order valence-corrected chi connectivity index (χ3v) is 24.2. The lowest BCUT2D eigenvalue weighted by Crippen LogP contribution is -2.70. The minimum Gasteiger partial charge on any atom is -0.617 e. The molecule has 1 fully saturated rings. The first-order valence-electron chi connectivity index (χ1n) is 24.7. The Kier molecular flexibility index (Phi) is 14.1. The number of anilines is 1. The molecule has 3 amide bonds. The molecule has 15 nitrogen and oxygen atoms in total. The van der Waals surface area contributed by atoms with Gasteiger partial charge in [-0.2, -0.15) is 4.98 Å². The van der Waals surface area contributed by atoms with Gasteiger partial charge in [0.1, 0.15) is 24.9 Å². The first-order chi connectivity index (χ1) is 34.8. The molecule has 2 aliphatic rings. The smallest absolute Gasteiger partial charge is 0.354 e. The molecule has 2 aliphatic heterocycles. The zero-order valence-corrected chi connectivity index (χ0v) is 44.4. The van der Waals surface area contributed by atoms with Gasteiger partial charge in [-0.3, -0.25) is 24.5 Å². The maximum Gasteiger partial charge on any atom is 0.354 e. The van der Waals surface area contributed by atoms with Gasteiger partial charge in [0, 0.05) is 5.92 Å². The van der Waals surface area contributed by atoms with E-state index in [1.807, 2.05) is 72.8 Å². The second-order valence-corrected chi connectivity index (χ2v) is 29.7. The zero-order valence-electron chi connectivity index (χ0n) is 42.4. The van der Waals surface area contributed by atoms with Gasteiger partial charge >= 0.3 is 11.8 Å². The Bertz CT molecular complexity index is 3060. The Labute approximate surface area is 427 Å². The number of hydroxylamine groups is 3. The molecule has 17 heteroatoms. The van der Waals surface area contributed by atoms with Crippen LogP contribution in [0, 0.1) is 11.1 Å². The number of quaternary nitrogens is 1. The average molecular weight is 1020 g/mol. The lowest BCUT2D eigenvalue weighted by atomic mass is 10.1. The largest absolute Gasteiger partial charge is 0.617 e. The Morgan fingerprint density at radius 3 is 1.66 bits per heavy atom. The molecule has 0 bridgehead atoms. The fourth-order valence-corrected chi connectivity index (χ4v) is 19.8. The van der Waals surface area contributed by atoms with E-state index in [2.05, 4.69) is 105 Å². The number of amides is 3. The van der Waals surface area contributed by atoms with E-state index < -0.39 is 92.3 Å². The maximum absolute atomic E-state index is 14.5. The first-order valence-corrected chi connectivity index (χ1v) is 28.5. The highest BCUT2D eigenvalue weighted by molar-refractivity contribution is 7.00. The summed E-state index contributed by atoms with van der Waals surface area (Å²) < 4.78 is 29.8. The van der Waals surface area contributed by atoms with Crippen LogP contribution in [0.15, 0.2) is 157 Å². The molecule has 0 radical (unpaired) electrons. The van der Waals surface area contributed by atoms with Crippen LogP contribution >= 0.6 is 0 Å². The van der Waals surface area contributed by atoms with Gasteiger partial charge in [-0.25, -0.2) is 19.2 Å². The van der Waals surface area contributed by atoms with Crippen molar-refractivity contribution in [1.82, 2.24) is 19.5 Å². The quantitative estimate of drug-likeness (QED) is 0.0448. The highest BCUT2D eigenvalue weighted by Crippen LogP contribution is 2.44. The first kappa shape index (κ1) is 51.4. The van der Waals surface area contributed by atoms with Crippen molar-refractivity contribution in [2.75, 3.05) is 25.1 Å². The van der Waals surface area contributed by atoms with Gasteiger partial charge < -0.3 is 23.5 Å². The number of nitrogens with one attached hydrogen (secondary N) is 2. The van der Waals surface area contributed by atoms with Crippen LogP contribution in [-0.2, 0) is 23.1 Å². The zero-order chi connectivity index (χ0) is 51.9. The number of H-pyrrole nitrogens is 1. The van der Waals surface area contributed by atoms with E-state index in [1.54, 1.807) is 30.5 Å². The number of imidazole rings is 1. The van der Waals surface area contributed by atoms with Gasteiger partial charge in [0.25, 0.3) is 22.2 Å². The van der Waals surface area contributed by atoms with Crippen molar-refractivity contribution in [2.24, 2.45) is 5.92 Å². The lowest BCUT2D eigenvalue weighted by Gasteiger charge is -2.47. The molecule has 4 heterocycles. The van der Waals surface area contributed by atoms with E-state index in [-0.39, 0.29) is 40.8 Å². The van der Waals surface area contributed by atoms with Gasteiger partial charge in [0.15, 0.2) is 17.4 Å². The van der Waals surface area contributed by atoms with Crippen molar-refractivity contribution in [1.29, 1.82) is 0 Å². The van der Waals surface area contributed by atoms with Crippen LogP contribution in [0.2, 0.25) is 10.1 Å². The number of ether oxygens (including phenoxy) is 2. The molecule has 0 spiro atoms. The van der Waals surface area contributed by atoms with Crippen molar-refractivity contribution >= 4 is 72.2 Å². The number of hydrogen-bond donors (Lipinski definition) is 2. The minimum absolute atomic E-state index is 0.0172. The number of rotatable bonds is 16. The summed E-state index contributed by atoms with van der Waals surface area (Å²) in [7, 11) is -6.78. The van der Waals surface area contributed by atoms with Crippen LogP contribution in [0.4, 0.5) is 5.95 Å². The van der Waals surface area contributed by atoms with Gasteiger partial charge in [-0.15, -0.1) is 0 Å². The maximum atomic E-state index is 14.5. The predicted octanol–water partition coefficient (Wildman–Crippen LogP) is 6.83. The number of nitrogens with zero attached hydrogens (tertiary/aromatic N) is 4. The summed E-state index contributed by atoms with van der Waals surface area (Å²) in [5.41, 5.74) is -0.448. The highest BCUT2D eigenvalue weighted by Gasteiger charge is 2.59. The summed E-state index contributed by atoms with van der Waals surface area (Å²) in [4.78, 5) is 66.2. The molecule has 0 aliphatic carbocycles. The van der Waals surface area contributed by atoms with Crippen molar-refractivity contribution < 1.29 is 37.4 Å². The SMILES string of the molecule is CC(C)C(=O)Nc1nc2c(ncn2[C@@H]2O[C@H](CO[Si](c3ccccc3)(c3ccccc3)C(C)(C)C)[C@@H](O[Si](c3ccccc3)(c3ccccc3)C(C)(C)C)[C@H]2OCC[N+]2([O-])C(=O)c3ccccc3C2=O)c(=O)[nH]1. The molecule has 2 aromatic heterocycles. The Morgan fingerprint density at radius 2 is 1.19 bits per heavy atom. The number of fused-ring (bicyclic) bond motifs is 2. The van der Waals surface area contributed by atoms with Crippen LogP contribution in [0.25, 0.3) is 11.2 Å². The van der Waals surface area contributed by atoms with Gasteiger partial charge in [-0.05, 0) is 43.0 Å². The molecule has 7 aromatic rings. The van der Waals surface area contributed by atoms with Crippen LogP contribution in [-0.4, -0.2) is 96.6 Å². The van der Waals surface area contributed by atoms with Gasteiger partial charge in [0.05, 0.1) is 30.7 Å². The van der Waals surface area contributed by atoms with Crippen LogP contribution < -0.4 is 31.6 Å².